The average molecular weight is 177 g/mol. The van der Waals surface area contributed by atoms with Gasteiger partial charge < -0.3 is 5.11 Å². The van der Waals surface area contributed by atoms with E-state index >= 15 is 0 Å². The third-order valence-corrected chi connectivity index (χ3v) is 3.39. The van der Waals surface area contributed by atoms with Gasteiger partial charge in [0.2, 0.25) is 0 Å². The molecule has 0 aromatic heterocycles. The lowest BCUT2D eigenvalue weighted by Gasteiger charge is -2.14. The molecule has 0 amide bonds. The van der Waals surface area contributed by atoms with Crippen LogP contribution in [-0.2, 0) is 11.0 Å². The van der Waals surface area contributed by atoms with Gasteiger partial charge in [-0.15, -0.1) is 0 Å². The van der Waals surface area contributed by atoms with E-state index in [0.29, 0.717) is 0 Å². The monoisotopic (exact) mass is 177 g/mol. The summed E-state index contributed by atoms with van der Waals surface area (Å²) >= 11 is 0. The summed E-state index contributed by atoms with van der Waals surface area (Å²) in [4.78, 5) is 0. The van der Waals surface area contributed by atoms with E-state index in [0.717, 1.165) is 12.8 Å². The summed E-state index contributed by atoms with van der Waals surface area (Å²) < 4.78 is 14.2. The van der Waals surface area contributed by atoms with Crippen molar-refractivity contribution < 1.29 is 9.32 Å². The summed E-state index contributed by atoms with van der Waals surface area (Å²) in [6.07, 6.45) is 1.89. The maximum absolute atomic E-state index is 11.2. The maximum atomic E-state index is 11.2. The van der Waals surface area contributed by atoms with Crippen molar-refractivity contribution in [2.45, 2.75) is 37.5 Å². The molecule has 0 aromatic carbocycles. The molecule has 0 radical (unpaired) electrons. The number of rotatable bonds is 4. The van der Waals surface area contributed by atoms with E-state index < -0.39 is 11.0 Å². The fourth-order valence-corrected chi connectivity index (χ4v) is 1.71. The van der Waals surface area contributed by atoms with Crippen LogP contribution >= 0.6 is 0 Å². The van der Waals surface area contributed by atoms with E-state index in [2.05, 4.69) is 4.72 Å². The predicted octanol–water partition coefficient (Wildman–Crippen LogP) is 0.173. The van der Waals surface area contributed by atoms with Crippen molar-refractivity contribution in [1.82, 2.24) is 4.72 Å². The Morgan fingerprint density at radius 2 is 2.18 bits per heavy atom. The minimum absolute atomic E-state index is 0.103. The molecule has 0 bridgehead atoms. The molecule has 2 N–H and O–H groups in total. The van der Waals surface area contributed by atoms with Gasteiger partial charge in [-0.05, 0) is 26.7 Å². The van der Waals surface area contributed by atoms with Crippen LogP contribution in [0.1, 0.15) is 26.7 Å². The van der Waals surface area contributed by atoms with Gasteiger partial charge in [-0.1, -0.05) is 0 Å². The van der Waals surface area contributed by atoms with Gasteiger partial charge in [-0.25, -0.2) is 8.93 Å². The van der Waals surface area contributed by atoms with Gasteiger partial charge in [0.25, 0.3) is 0 Å². The minimum Gasteiger partial charge on any atom is -0.394 e. The second-order valence-electron chi connectivity index (χ2n) is 3.39. The molecule has 1 atom stereocenters. The molecule has 0 aliphatic heterocycles. The van der Waals surface area contributed by atoms with Gasteiger partial charge >= 0.3 is 0 Å². The first kappa shape index (κ1) is 9.16. The van der Waals surface area contributed by atoms with Crippen LogP contribution in [0.5, 0.6) is 0 Å². The zero-order valence-corrected chi connectivity index (χ0v) is 7.78. The van der Waals surface area contributed by atoms with Gasteiger partial charge in [-0.2, -0.15) is 0 Å². The zero-order valence-electron chi connectivity index (χ0n) is 6.96. The summed E-state index contributed by atoms with van der Waals surface area (Å²) in [5.74, 6) is 0. The summed E-state index contributed by atoms with van der Waals surface area (Å²) in [6, 6.07) is 0. The Balaban J connectivity index is 2.36. The summed E-state index contributed by atoms with van der Waals surface area (Å²) in [7, 11) is -0.989. The molecule has 1 aliphatic rings. The van der Waals surface area contributed by atoms with Crippen LogP contribution in [0.2, 0.25) is 0 Å². The summed E-state index contributed by atoms with van der Waals surface area (Å²) in [6.45, 7) is 3.90. The molecule has 1 rings (SSSR count). The Labute approximate surface area is 69.8 Å². The lowest BCUT2D eigenvalue weighted by Crippen LogP contribution is -2.38. The topological polar surface area (TPSA) is 49.3 Å². The summed E-state index contributed by atoms with van der Waals surface area (Å²) in [5, 5.41) is 9.01. The standard InChI is InChI=1S/C7H15NO2S/c1-6(2)11(10)8-7(5-9)3-4-7/h6,8-9H,3-5H2,1-2H3. The lowest BCUT2D eigenvalue weighted by atomic mass is 10.3. The third-order valence-electron chi connectivity index (χ3n) is 1.90. The highest BCUT2D eigenvalue weighted by molar-refractivity contribution is 7.83. The molecule has 1 aliphatic carbocycles. The van der Waals surface area contributed by atoms with Crippen LogP contribution in [0, 0.1) is 0 Å². The molecule has 4 heteroatoms. The Hall–Kier alpha value is 0.0700. The van der Waals surface area contributed by atoms with Crippen LogP contribution < -0.4 is 4.72 Å². The predicted molar refractivity (Wildman–Crippen MR) is 45.5 cm³/mol. The number of hydrogen-bond acceptors (Lipinski definition) is 2. The first-order valence-electron chi connectivity index (χ1n) is 3.89. The molecule has 1 fully saturated rings. The van der Waals surface area contributed by atoms with E-state index in [1.807, 2.05) is 13.8 Å². The molecule has 0 heterocycles. The van der Waals surface area contributed by atoms with Gasteiger partial charge in [0.1, 0.15) is 0 Å². The second-order valence-corrected chi connectivity index (χ2v) is 5.13. The molecule has 0 saturated heterocycles. The van der Waals surface area contributed by atoms with E-state index in [-0.39, 0.29) is 17.4 Å². The third kappa shape index (κ3) is 2.25. The first-order valence-corrected chi connectivity index (χ1v) is 5.10. The molecule has 11 heavy (non-hydrogen) atoms. The smallest absolute Gasteiger partial charge is 0.0947 e. The Morgan fingerprint density at radius 1 is 1.64 bits per heavy atom. The van der Waals surface area contributed by atoms with Crippen molar-refractivity contribution in [2.24, 2.45) is 0 Å². The van der Waals surface area contributed by atoms with Crippen LogP contribution in [0.4, 0.5) is 0 Å². The van der Waals surface area contributed by atoms with Crippen LogP contribution in [-0.4, -0.2) is 26.7 Å². The maximum Gasteiger partial charge on any atom is 0.0947 e. The van der Waals surface area contributed by atoms with Gasteiger partial charge in [0, 0.05) is 5.25 Å². The second kappa shape index (κ2) is 3.21. The highest BCUT2D eigenvalue weighted by Crippen LogP contribution is 2.35. The van der Waals surface area contributed by atoms with Crippen molar-refractivity contribution in [3.63, 3.8) is 0 Å². The highest BCUT2D eigenvalue weighted by Gasteiger charge is 2.43. The zero-order chi connectivity index (χ0) is 8.48. The number of nitrogens with one attached hydrogen (secondary N) is 1. The van der Waals surface area contributed by atoms with E-state index in [4.69, 9.17) is 5.11 Å². The average Bonchev–Trinajstić information content (AvgIpc) is 2.69. The van der Waals surface area contributed by atoms with E-state index in [1.165, 1.54) is 0 Å². The molecular weight excluding hydrogens is 162 g/mol. The minimum atomic E-state index is -0.989. The molecule has 66 valence electrons. The first-order chi connectivity index (χ1) is 5.09. The van der Waals surface area contributed by atoms with E-state index in [1.54, 1.807) is 0 Å². The molecule has 1 saturated carbocycles. The molecular formula is C7H15NO2S. The number of aliphatic hydroxyl groups excluding tert-OH is 1. The Bertz CT molecular complexity index is 166. The molecule has 3 nitrogen and oxygen atoms in total. The fraction of sp³-hybridized carbons (Fsp3) is 1.00. The van der Waals surface area contributed by atoms with Crippen LogP contribution in [0.25, 0.3) is 0 Å². The van der Waals surface area contributed by atoms with Crippen molar-refractivity contribution in [3.05, 3.63) is 0 Å². The quantitative estimate of drug-likeness (QED) is 0.643. The van der Waals surface area contributed by atoms with Crippen molar-refractivity contribution in [1.29, 1.82) is 0 Å². The van der Waals surface area contributed by atoms with Crippen molar-refractivity contribution in [2.75, 3.05) is 6.61 Å². The SMILES string of the molecule is CC(C)S(=O)NC1(CO)CC1. The molecule has 0 spiro atoms. The van der Waals surface area contributed by atoms with Gasteiger partial charge in [0.05, 0.1) is 23.1 Å². The highest BCUT2D eigenvalue weighted by atomic mass is 32.2. The van der Waals surface area contributed by atoms with Crippen LogP contribution in [0.3, 0.4) is 0 Å². The van der Waals surface area contributed by atoms with E-state index in [9.17, 15) is 4.21 Å². The largest absolute Gasteiger partial charge is 0.394 e. The van der Waals surface area contributed by atoms with Crippen molar-refractivity contribution >= 4 is 11.0 Å². The Morgan fingerprint density at radius 3 is 2.45 bits per heavy atom. The Kier molecular flexibility index (Phi) is 2.67. The molecule has 0 aromatic rings. The summed E-state index contributed by atoms with van der Waals surface area (Å²) in [5.41, 5.74) is -0.199. The van der Waals surface area contributed by atoms with Gasteiger partial charge in [-0.3, -0.25) is 0 Å². The normalized spacial score (nSPS) is 23.6. The number of aliphatic hydroxyl groups is 1. The lowest BCUT2D eigenvalue weighted by molar-refractivity contribution is 0.248. The van der Waals surface area contributed by atoms with Gasteiger partial charge in [0.15, 0.2) is 0 Å². The van der Waals surface area contributed by atoms with Crippen LogP contribution in [0.15, 0.2) is 0 Å². The fourth-order valence-electron chi connectivity index (χ4n) is 0.775. The van der Waals surface area contributed by atoms with Crippen molar-refractivity contribution in [3.8, 4) is 0 Å². The number of hydrogen-bond donors (Lipinski definition) is 2. The molecule has 1 unspecified atom stereocenters.